The van der Waals surface area contributed by atoms with Crippen molar-refractivity contribution in [1.82, 2.24) is 0 Å². The van der Waals surface area contributed by atoms with Crippen LogP contribution in [0, 0.1) is 5.92 Å². The molecule has 0 saturated carbocycles. The number of phosphoric acid groups is 2. The third kappa shape index (κ3) is 66.5. The number of aliphatic hydroxyl groups is 1. The fourth-order valence-electron chi connectivity index (χ4n) is 11.0. The van der Waals surface area contributed by atoms with Crippen molar-refractivity contribution in [2.24, 2.45) is 5.92 Å². The molecule has 0 heterocycles. The summed E-state index contributed by atoms with van der Waals surface area (Å²) in [6.45, 7) is 7.22. The van der Waals surface area contributed by atoms with Gasteiger partial charge in [-0.25, -0.2) is 9.13 Å². The molecule has 0 aliphatic carbocycles. The molecule has 19 heteroatoms. The predicted molar refractivity (Wildman–Crippen MR) is 368 cm³/mol. The van der Waals surface area contributed by atoms with Crippen LogP contribution in [0.15, 0.2) is 0 Å². The molecule has 0 bridgehead atoms. The van der Waals surface area contributed by atoms with Crippen LogP contribution < -0.4 is 0 Å². The molecule has 91 heavy (non-hydrogen) atoms. The van der Waals surface area contributed by atoms with Gasteiger partial charge in [0.05, 0.1) is 26.4 Å². The summed E-state index contributed by atoms with van der Waals surface area (Å²) in [5.74, 6) is -1.41. The molecule has 540 valence electrons. The number of esters is 4. The van der Waals surface area contributed by atoms with E-state index < -0.39 is 97.5 Å². The van der Waals surface area contributed by atoms with E-state index in [4.69, 9.17) is 37.0 Å². The zero-order chi connectivity index (χ0) is 67.0. The summed E-state index contributed by atoms with van der Waals surface area (Å²) in [5.41, 5.74) is 0. The van der Waals surface area contributed by atoms with Crippen molar-refractivity contribution >= 4 is 39.5 Å². The first-order chi connectivity index (χ1) is 44.0. The molecule has 0 amide bonds. The molecule has 0 aliphatic rings. The van der Waals surface area contributed by atoms with E-state index in [-0.39, 0.29) is 25.7 Å². The fraction of sp³-hybridized carbons (Fsp3) is 0.944. The Labute approximate surface area is 556 Å². The van der Waals surface area contributed by atoms with Crippen molar-refractivity contribution in [3.8, 4) is 0 Å². The van der Waals surface area contributed by atoms with Crippen LogP contribution in [0.25, 0.3) is 0 Å². The van der Waals surface area contributed by atoms with Crippen LogP contribution in [-0.2, 0) is 65.4 Å². The SMILES string of the molecule is CCCCCCCCCCCCCCCCCC(=O)O[C@H](COC(=O)CCCCCCCCCCCCCCC)COP(=O)(O)OC[C@@H](O)COP(=O)(O)OC[C@@H](COC(=O)CCCCCCCCCC(C)C)OC(=O)CCCCCCCCCCCCCCC. The molecule has 0 fully saturated rings. The van der Waals surface area contributed by atoms with E-state index in [1.54, 1.807) is 0 Å². The van der Waals surface area contributed by atoms with Gasteiger partial charge in [-0.3, -0.25) is 37.3 Å². The van der Waals surface area contributed by atoms with E-state index in [2.05, 4.69) is 34.6 Å². The second kappa shape index (κ2) is 65.4. The van der Waals surface area contributed by atoms with E-state index in [0.29, 0.717) is 31.6 Å². The van der Waals surface area contributed by atoms with Gasteiger partial charge >= 0.3 is 39.5 Å². The van der Waals surface area contributed by atoms with Gasteiger partial charge in [0.2, 0.25) is 0 Å². The minimum absolute atomic E-state index is 0.107. The number of carbonyl (C=O) groups excluding carboxylic acids is 4. The number of carbonyl (C=O) groups is 4. The van der Waals surface area contributed by atoms with Gasteiger partial charge in [-0.1, -0.05) is 324 Å². The monoisotopic (exact) mass is 1340 g/mol. The third-order valence-corrected chi connectivity index (χ3v) is 18.7. The number of unbranched alkanes of at least 4 members (excludes halogenated alkanes) is 44. The third-order valence-electron chi connectivity index (χ3n) is 16.8. The van der Waals surface area contributed by atoms with Crippen LogP contribution in [0.1, 0.15) is 375 Å². The largest absolute Gasteiger partial charge is 0.472 e. The van der Waals surface area contributed by atoms with Crippen LogP contribution in [0.3, 0.4) is 0 Å². The lowest BCUT2D eigenvalue weighted by Crippen LogP contribution is -2.30. The van der Waals surface area contributed by atoms with Crippen molar-refractivity contribution in [1.29, 1.82) is 0 Å². The molecular formula is C72H140O17P2. The van der Waals surface area contributed by atoms with Crippen LogP contribution in [0.2, 0.25) is 0 Å². The Hall–Kier alpha value is -1.94. The molecule has 0 spiro atoms. The Morgan fingerprint density at radius 2 is 0.505 bits per heavy atom. The molecule has 0 rings (SSSR count). The lowest BCUT2D eigenvalue weighted by Gasteiger charge is -2.21. The summed E-state index contributed by atoms with van der Waals surface area (Å²) in [6.07, 6.45) is 52.6. The van der Waals surface area contributed by atoms with Crippen molar-refractivity contribution in [3.63, 3.8) is 0 Å². The maximum Gasteiger partial charge on any atom is 0.472 e. The molecule has 3 N–H and O–H groups in total. The van der Waals surface area contributed by atoms with Crippen molar-refractivity contribution in [2.45, 2.75) is 393 Å². The average Bonchev–Trinajstić information content (AvgIpc) is 3.63. The first kappa shape index (κ1) is 89.1. The number of aliphatic hydroxyl groups excluding tert-OH is 1. The zero-order valence-electron chi connectivity index (χ0n) is 59.0. The number of rotatable bonds is 72. The first-order valence-electron chi connectivity index (χ1n) is 37.6. The Kier molecular flexibility index (Phi) is 64.0. The minimum Gasteiger partial charge on any atom is -0.462 e. The zero-order valence-corrected chi connectivity index (χ0v) is 60.8. The molecule has 0 aromatic rings. The summed E-state index contributed by atoms with van der Waals surface area (Å²) in [4.78, 5) is 72.6. The number of phosphoric ester groups is 2. The van der Waals surface area contributed by atoms with Crippen LogP contribution in [-0.4, -0.2) is 96.7 Å². The topological polar surface area (TPSA) is 237 Å². The highest BCUT2D eigenvalue weighted by Gasteiger charge is 2.30. The standard InChI is InChI=1S/C72H140O17P2/c1-6-9-12-15-18-21-24-27-28-31-34-37-42-48-53-58-72(77)88-67(61-82-69(74)55-50-45-40-35-32-29-25-22-19-16-13-10-7-2)63-86-90(78,79)84-59-66(73)60-85-91(80,81)87-64-68(62-83-70(75)56-51-46-43-38-39-44-49-54-65(4)5)89-71(76)57-52-47-41-36-33-30-26-23-20-17-14-11-8-3/h65-68,73H,6-64H2,1-5H3,(H,78,79)(H,80,81)/t66-,67-,68-/m1/s1. The van der Waals surface area contributed by atoms with E-state index in [0.717, 1.165) is 96.3 Å². The van der Waals surface area contributed by atoms with Gasteiger partial charge in [-0.15, -0.1) is 0 Å². The van der Waals surface area contributed by atoms with Gasteiger partial charge in [-0.05, 0) is 31.6 Å². The summed E-state index contributed by atoms with van der Waals surface area (Å²) >= 11 is 0. The molecular weight excluding hydrogens is 1200 g/mol. The van der Waals surface area contributed by atoms with E-state index in [9.17, 15) is 43.2 Å². The Morgan fingerprint density at radius 1 is 0.297 bits per heavy atom. The van der Waals surface area contributed by atoms with Crippen molar-refractivity contribution in [3.05, 3.63) is 0 Å². The van der Waals surface area contributed by atoms with E-state index >= 15 is 0 Å². The minimum atomic E-state index is -4.95. The highest BCUT2D eigenvalue weighted by atomic mass is 31.2. The molecule has 0 aromatic carbocycles. The molecule has 17 nitrogen and oxygen atoms in total. The number of ether oxygens (including phenoxy) is 4. The maximum absolute atomic E-state index is 13.0. The van der Waals surface area contributed by atoms with Gasteiger partial charge in [-0.2, -0.15) is 0 Å². The summed E-state index contributed by atoms with van der Waals surface area (Å²) in [6, 6.07) is 0. The first-order valence-corrected chi connectivity index (χ1v) is 40.6. The summed E-state index contributed by atoms with van der Waals surface area (Å²) < 4.78 is 68.4. The Morgan fingerprint density at radius 3 is 0.747 bits per heavy atom. The molecule has 5 atom stereocenters. The predicted octanol–water partition coefficient (Wildman–Crippen LogP) is 20.9. The molecule has 0 aromatic heterocycles. The number of hydrogen-bond acceptors (Lipinski definition) is 15. The molecule has 0 radical (unpaired) electrons. The highest BCUT2D eigenvalue weighted by molar-refractivity contribution is 7.47. The molecule has 0 saturated heterocycles. The van der Waals surface area contributed by atoms with Gasteiger partial charge in [0.25, 0.3) is 0 Å². The van der Waals surface area contributed by atoms with Crippen LogP contribution in [0.5, 0.6) is 0 Å². The Balaban J connectivity index is 5.25. The Bertz CT molecular complexity index is 1750. The van der Waals surface area contributed by atoms with E-state index in [1.165, 1.54) is 193 Å². The quantitative estimate of drug-likeness (QED) is 0.0222. The van der Waals surface area contributed by atoms with Gasteiger partial charge < -0.3 is 33.8 Å². The lowest BCUT2D eigenvalue weighted by atomic mass is 10.0. The van der Waals surface area contributed by atoms with Gasteiger partial charge in [0, 0.05) is 25.7 Å². The van der Waals surface area contributed by atoms with Crippen molar-refractivity contribution < 1.29 is 80.2 Å². The summed E-state index contributed by atoms with van der Waals surface area (Å²) in [7, 11) is -9.90. The van der Waals surface area contributed by atoms with Crippen LogP contribution in [0.4, 0.5) is 0 Å². The van der Waals surface area contributed by atoms with Crippen molar-refractivity contribution in [2.75, 3.05) is 39.6 Å². The fourth-order valence-corrected chi connectivity index (χ4v) is 12.6. The second-order valence-corrected chi connectivity index (χ2v) is 29.4. The average molecular weight is 1340 g/mol. The van der Waals surface area contributed by atoms with Crippen LogP contribution >= 0.6 is 15.6 Å². The maximum atomic E-state index is 13.0. The van der Waals surface area contributed by atoms with Gasteiger partial charge in [0.1, 0.15) is 19.3 Å². The number of hydrogen-bond donors (Lipinski definition) is 3. The molecule has 2 unspecified atom stereocenters. The molecule has 0 aliphatic heterocycles. The normalized spacial score (nSPS) is 14.0. The summed E-state index contributed by atoms with van der Waals surface area (Å²) in [5, 5.41) is 10.6. The van der Waals surface area contributed by atoms with E-state index in [1.807, 2.05) is 0 Å². The van der Waals surface area contributed by atoms with Gasteiger partial charge in [0.15, 0.2) is 12.2 Å². The lowest BCUT2D eigenvalue weighted by molar-refractivity contribution is -0.161. The second-order valence-electron chi connectivity index (χ2n) is 26.5. The smallest absolute Gasteiger partial charge is 0.462 e. The highest BCUT2D eigenvalue weighted by Crippen LogP contribution is 2.45.